The summed E-state index contributed by atoms with van der Waals surface area (Å²) in [6.07, 6.45) is 5.42. The molecule has 1 aromatic heterocycles. The number of hydrogen-bond donors (Lipinski definition) is 0. The fraction of sp³-hybridized carbons (Fsp3) is 0.733. The Balaban J connectivity index is 2.19. The Labute approximate surface area is 129 Å². The Kier molecular flexibility index (Phi) is 5.64. The second-order valence-electron chi connectivity index (χ2n) is 5.32. The molecule has 1 saturated carbocycles. The molecule has 5 heteroatoms. The molecule has 2 rings (SSSR count). The third kappa shape index (κ3) is 3.25. The van der Waals surface area contributed by atoms with Gasteiger partial charge in [-0.3, -0.25) is 9.48 Å². The van der Waals surface area contributed by atoms with E-state index in [1.165, 1.54) is 6.42 Å². The molecule has 1 aliphatic carbocycles. The molecule has 112 valence electrons. The van der Waals surface area contributed by atoms with E-state index in [2.05, 4.69) is 32.9 Å². The van der Waals surface area contributed by atoms with Gasteiger partial charge in [-0.05, 0) is 45.1 Å². The number of carbonyl (C=O) groups is 1. The van der Waals surface area contributed by atoms with Gasteiger partial charge in [0, 0.05) is 24.5 Å². The average molecular weight is 342 g/mol. The summed E-state index contributed by atoms with van der Waals surface area (Å²) in [7, 11) is 0. The van der Waals surface area contributed by atoms with Crippen LogP contribution in [0.2, 0.25) is 0 Å². The second kappa shape index (κ2) is 7.25. The van der Waals surface area contributed by atoms with Crippen molar-refractivity contribution in [1.82, 2.24) is 14.7 Å². The molecule has 0 radical (unpaired) electrons. The molecule has 0 N–H and O–H groups in total. The minimum Gasteiger partial charge on any atom is -0.334 e. The van der Waals surface area contributed by atoms with E-state index in [0.717, 1.165) is 55.5 Å². The van der Waals surface area contributed by atoms with Gasteiger partial charge < -0.3 is 4.90 Å². The number of rotatable bonds is 7. The highest BCUT2D eigenvalue weighted by atomic mass is 79.9. The second-order valence-corrected chi connectivity index (χ2v) is 6.11. The van der Waals surface area contributed by atoms with E-state index in [1.54, 1.807) is 0 Å². The zero-order chi connectivity index (χ0) is 14.5. The van der Waals surface area contributed by atoms with Crippen molar-refractivity contribution in [3.05, 3.63) is 17.5 Å². The minimum atomic E-state index is 0.157. The van der Waals surface area contributed by atoms with Crippen molar-refractivity contribution in [2.45, 2.75) is 58.5 Å². The van der Waals surface area contributed by atoms with Crippen LogP contribution in [0.15, 0.2) is 6.07 Å². The van der Waals surface area contributed by atoms with Crippen molar-refractivity contribution in [2.75, 3.05) is 11.9 Å². The predicted molar refractivity (Wildman–Crippen MR) is 84.4 cm³/mol. The summed E-state index contributed by atoms with van der Waals surface area (Å²) in [6, 6.07) is 2.40. The maximum absolute atomic E-state index is 12.8. The molecule has 0 spiro atoms. The number of carbonyl (C=O) groups excluding carboxylic acids is 1. The summed E-state index contributed by atoms with van der Waals surface area (Å²) >= 11 is 3.46. The van der Waals surface area contributed by atoms with Crippen LogP contribution in [0.1, 0.15) is 55.7 Å². The van der Waals surface area contributed by atoms with Gasteiger partial charge in [0.05, 0.1) is 5.69 Å². The first-order chi connectivity index (χ1) is 9.71. The molecule has 0 bridgehead atoms. The Bertz CT molecular complexity index is 454. The van der Waals surface area contributed by atoms with Gasteiger partial charge in [0.15, 0.2) is 0 Å². The maximum Gasteiger partial charge on any atom is 0.272 e. The predicted octanol–water partition coefficient (Wildman–Crippen LogP) is 3.25. The Morgan fingerprint density at radius 1 is 1.50 bits per heavy atom. The molecule has 0 saturated heterocycles. The highest BCUT2D eigenvalue weighted by Gasteiger charge is 2.30. The van der Waals surface area contributed by atoms with Crippen LogP contribution in [-0.2, 0) is 13.0 Å². The topological polar surface area (TPSA) is 38.1 Å². The Morgan fingerprint density at radius 3 is 2.75 bits per heavy atom. The van der Waals surface area contributed by atoms with E-state index >= 15 is 0 Å². The molecule has 1 heterocycles. The summed E-state index contributed by atoms with van der Waals surface area (Å²) in [6.45, 7) is 5.70. The fourth-order valence-electron chi connectivity index (χ4n) is 2.58. The zero-order valence-electron chi connectivity index (χ0n) is 12.4. The normalized spacial score (nSPS) is 15.2. The number of amides is 1. The first kappa shape index (κ1) is 15.5. The van der Waals surface area contributed by atoms with Gasteiger partial charge in [0.25, 0.3) is 5.91 Å². The van der Waals surface area contributed by atoms with Crippen LogP contribution in [0.3, 0.4) is 0 Å². The molecular formula is C15H24BrN3O. The van der Waals surface area contributed by atoms with E-state index < -0.39 is 0 Å². The van der Waals surface area contributed by atoms with Crippen LogP contribution < -0.4 is 0 Å². The number of hydrogen-bond acceptors (Lipinski definition) is 2. The highest BCUT2D eigenvalue weighted by Crippen LogP contribution is 2.26. The lowest BCUT2D eigenvalue weighted by atomic mass is 9.91. The van der Waals surface area contributed by atoms with E-state index in [9.17, 15) is 4.79 Å². The van der Waals surface area contributed by atoms with Gasteiger partial charge in [-0.15, -0.1) is 0 Å². The number of alkyl halides is 1. The summed E-state index contributed by atoms with van der Waals surface area (Å²) in [5.74, 6) is 0.157. The Morgan fingerprint density at radius 2 is 2.25 bits per heavy atom. The van der Waals surface area contributed by atoms with Gasteiger partial charge in [0.2, 0.25) is 0 Å². The molecule has 1 aliphatic rings. The van der Waals surface area contributed by atoms with Crippen molar-refractivity contribution in [3.8, 4) is 0 Å². The smallest absolute Gasteiger partial charge is 0.272 e. The number of halogens is 1. The third-order valence-corrected chi connectivity index (χ3v) is 4.58. The van der Waals surface area contributed by atoms with Crippen LogP contribution >= 0.6 is 15.9 Å². The lowest BCUT2D eigenvalue weighted by Crippen LogP contribution is -2.45. The lowest BCUT2D eigenvalue weighted by molar-refractivity contribution is 0.0568. The van der Waals surface area contributed by atoms with Gasteiger partial charge in [-0.2, -0.15) is 5.10 Å². The molecule has 0 unspecified atom stereocenters. The van der Waals surface area contributed by atoms with Crippen LogP contribution in [0.25, 0.3) is 0 Å². The summed E-state index contributed by atoms with van der Waals surface area (Å²) < 4.78 is 1.85. The molecule has 0 aliphatic heterocycles. The van der Waals surface area contributed by atoms with E-state index in [0.29, 0.717) is 6.04 Å². The van der Waals surface area contributed by atoms with Gasteiger partial charge >= 0.3 is 0 Å². The van der Waals surface area contributed by atoms with Crippen LogP contribution in [0, 0.1) is 0 Å². The molecule has 1 amide bonds. The van der Waals surface area contributed by atoms with Crippen LogP contribution in [0.4, 0.5) is 0 Å². The zero-order valence-corrected chi connectivity index (χ0v) is 14.0. The van der Waals surface area contributed by atoms with Crippen molar-refractivity contribution >= 4 is 21.8 Å². The molecule has 0 atom stereocenters. The van der Waals surface area contributed by atoms with Gasteiger partial charge in [0.1, 0.15) is 5.69 Å². The largest absolute Gasteiger partial charge is 0.334 e. The standard InChI is InChI=1S/C15H24BrN3O/c1-3-12-11-14(19(4-2)17-12)15(20)18(10-6-9-16)13-7-5-8-13/h11,13H,3-10H2,1-2H3. The quantitative estimate of drug-likeness (QED) is 0.714. The van der Waals surface area contributed by atoms with Gasteiger partial charge in [-0.25, -0.2) is 0 Å². The number of nitrogens with zero attached hydrogens (tertiary/aromatic N) is 3. The molecule has 20 heavy (non-hydrogen) atoms. The van der Waals surface area contributed by atoms with Crippen molar-refractivity contribution < 1.29 is 4.79 Å². The Hall–Kier alpha value is -0.840. The molecule has 0 aromatic carbocycles. The third-order valence-electron chi connectivity index (χ3n) is 4.02. The average Bonchev–Trinajstić information content (AvgIpc) is 2.83. The summed E-state index contributed by atoms with van der Waals surface area (Å²) in [5, 5.41) is 5.44. The minimum absolute atomic E-state index is 0.157. The first-order valence-corrected chi connectivity index (χ1v) is 8.77. The summed E-state index contributed by atoms with van der Waals surface area (Å²) in [5.41, 5.74) is 1.76. The number of aryl methyl sites for hydroxylation is 2. The maximum atomic E-state index is 12.8. The lowest BCUT2D eigenvalue weighted by Gasteiger charge is -2.37. The fourth-order valence-corrected chi connectivity index (χ4v) is 2.83. The molecule has 1 aromatic rings. The van der Waals surface area contributed by atoms with E-state index in [1.807, 2.05) is 17.7 Å². The summed E-state index contributed by atoms with van der Waals surface area (Å²) in [4.78, 5) is 14.9. The first-order valence-electron chi connectivity index (χ1n) is 7.64. The van der Waals surface area contributed by atoms with Crippen molar-refractivity contribution in [3.63, 3.8) is 0 Å². The highest BCUT2D eigenvalue weighted by molar-refractivity contribution is 9.09. The monoisotopic (exact) mass is 341 g/mol. The van der Waals surface area contributed by atoms with E-state index in [4.69, 9.17) is 0 Å². The van der Waals surface area contributed by atoms with Gasteiger partial charge in [-0.1, -0.05) is 22.9 Å². The molecule has 4 nitrogen and oxygen atoms in total. The molecular weight excluding hydrogens is 318 g/mol. The van der Waals surface area contributed by atoms with Crippen molar-refractivity contribution in [1.29, 1.82) is 0 Å². The number of aromatic nitrogens is 2. The van der Waals surface area contributed by atoms with Crippen LogP contribution in [-0.4, -0.2) is 38.5 Å². The molecule has 1 fully saturated rings. The van der Waals surface area contributed by atoms with E-state index in [-0.39, 0.29) is 5.91 Å². The SMILES string of the molecule is CCc1cc(C(=O)N(CCCBr)C2CCC2)n(CC)n1. The van der Waals surface area contributed by atoms with Crippen LogP contribution in [0.5, 0.6) is 0 Å². The van der Waals surface area contributed by atoms with Crippen molar-refractivity contribution in [2.24, 2.45) is 0 Å².